The minimum atomic E-state index is 0.742. The fourth-order valence-electron chi connectivity index (χ4n) is 2.47. The molecule has 1 aromatic rings. The molecule has 0 atom stereocenters. The lowest BCUT2D eigenvalue weighted by Gasteiger charge is -2.36. The molecule has 1 saturated heterocycles. The molecule has 0 spiro atoms. The van der Waals surface area contributed by atoms with E-state index in [2.05, 4.69) is 45.9 Å². The van der Waals surface area contributed by atoms with Crippen LogP contribution in [0.25, 0.3) is 0 Å². The molecule has 0 aromatic carbocycles. The summed E-state index contributed by atoms with van der Waals surface area (Å²) in [7, 11) is 0. The van der Waals surface area contributed by atoms with Crippen molar-refractivity contribution in [3.8, 4) is 0 Å². The lowest BCUT2D eigenvalue weighted by molar-refractivity contribution is 0.231. The van der Waals surface area contributed by atoms with Crippen LogP contribution in [0.15, 0.2) is 12.4 Å². The van der Waals surface area contributed by atoms with Crippen molar-refractivity contribution in [2.75, 3.05) is 49.5 Å². The van der Waals surface area contributed by atoms with Crippen LogP contribution in [0.5, 0.6) is 0 Å². The SMILES string of the molecule is CCNc1cc(N2CCN(CC(C)C)CC2)ncn1. The third-order valence-electron chi connectivity index (χ3n) is 3.33. The Labute approximate surface area is 116 Å². The molecule has 1 aromatic heterocycles. The molecule has 5 heteroatoms. The highest BCUT2D eigenvalue weighted by Gasteiger charge is 2.18. The molecule has 2 rings (SSSR count). The Hall–Kier alpha value is -1.36. The molecular weight excluding hydrogens is 238 g/mol. The van der Waals surface area contributed by atoms with Gasteiger partial charge in [-0.25, -0.2) is 9.97 Å². The summed E-state index contributed by atoms with van der Waals surface area (Å²) in [6.07, 6.45) is 1.65. The van der Waals surface area contributed by atoms with Gasteiger partial charge in [0, 0.05) is 45.3 Å². The zero-order valence-electron chi connectivity index (χ0n) is 12.3. The number of anilines is 2. The number of hydrogen-bond donors (Lipinski definition) is 1. The number of aromatic nitrogens is 2. The maximum atomic E-state index is 4.39. The van der Waals surface area contributed by atoms with Crippen molar-refractivity contribution < 1.29 is 0 Å². The highest BCUT2D eigenvalue weighted by Crippen LogP contribution is 2.16. The van der Waals surface area contributed by atoms with Gasteiger partial charge in [-0.15, -0.1) is 0 Å². The first kappa shape index (κ1) is 14.1. The summed E-state index contributed by atoms with van der Waals surface area (Å²) >= 11 is 0. The third-order valence-corrected chi connectivity index (χ3v) is 3.33. The van der Waals surface area contributed by atoms with Crippen LogP contribution >= 0.6 is 0 Å². The molecule has 0 saturated carbocycles. The normalized spacial score (nSPS) is 16.9. The predicted molar refractivity (Wildman–Crippen MR) is 79.7 cm³/mol. The summed E-state index contributed by atoms with van der Waals surface area (Å²) in [6.45, 7) is 13.1. The van der Waals surface area contributed by atoms with Crippen LogP contribution in [-0.4, -0.2) is 54.1 Å². The summed E-state index contributed by atoms with van der Waals surface area (Å²) in [5, 5.41) is 3.23. The zero-order valence-corrected chi connectivity index (χ0v) is 12.3. The van der Waals surface area contributed by atoms with E-state index in [9.17, 15) is 0 Å². The average Bonchev–Trinajstić information content (AvgIpc) is 2.40. The number of nitrogens with zero attached hydrogens (tertiary/aromatic N) is 4. The predicted octanol–water partition coefficient (Wildman–Crippen LogP) is 1.69. The Morgan fingerprint density at radius 1 is 1.21 bits per heavy atom. The number of rotatable bonds is 5. The number of nitrogens with one attached hydrogen (secondary N) is 1. The van der Waals surface area contributed by atoms with Crippen LogP contribution in [-0.2, 0) is 0 Å². The summed E-state index contributed by atoms with van der Waals surface area (Å²) in [6, 6.07) is 2.04. The van der Waals surface area contributed by atoms with Gasteiger partial charge in [-0.2, -0.15) is 0 Å². The maximum Gasteiger partial charge on any atom is 0.134 e. The quantitative estimate of drug-likeness (QED) is 0.876. The van der Waals surface area contributed by atoms with Crippen molar-refractivity contribution in [2.24, 2.45) is 5.92 Å². The fraction of sp³-hybridized carbons (Fsp3) is 0.714. The van der Waals surface area contributed by atoms with Gasteiger partial charge in [-0.1, -0.05) is 13.8 Å². The van der Waals surface area contributed by atoms with Crippen LogP contribution in [0.4, 0.5) is 11.6 Å². The first-order valence-corrected chi connectivity index (χ1v) is 7.22. The van der Waals surface area contributed by atoms with Crippen molar-refractivity contribution in [2.45, 2.75) is 20.8 Å². The van der Waals surface area contributed by atoms with Crippen molar-refractivity contribution in [1.82, 2.24) is 14.9 Å². The Balaban J connectivity index is 1.92. The molecule has 0 radical (unpaired) electrons. The second kappa shape index (κ2) is 6.70. The van der Waals surface area contributed by atoms with Gasteiger partial charge in [-0.05, 0) is 12.8 Å². The average molecular weight is 263 g/mol. The van der Waals surface area contributed by atoms with E-state index in [1.54, 1.807) is 6.33 Å². The first-order chi connectivity index (χ1) is 9.19. The van der Waals surface area contributed by atoms with E-state index in [-0.39, 0.29) is 0 Å². The summed E-state index contributed by atoms with van der Waals surface area (Å²) in [5.74, 6) is 2.69. The number of piperazine rings is 1. The summed E-state index contributed by atoms with van der Waals surface area (Å²) in [4.78, 5) is 13.5. The van der Waals surface area contributed by atoms with Gasteiger partial charge < -0.3 is 10.2 Å². The van der Waals surface area contributed by atoms with E-state index in [4.69, 9.17) is 0 Å². The van der Waals surface area contributed by atoms with E-state index < -0.39 is 0 Å². The van der Waals surface area contributed by atoms with Gasteiger partial charge in [0.25, 0.3) is 0 Å². The van der Waals surface area contributed by atoms with Crippen molar-refractivity contribution in [1.29, 1.82) is 0 Å². The van der Waals surface area contributed by atoms with Gasteiger partial charge in [0.1, 0.15) is 18.0 Å². The zero-order chi connectivity index (χ0) is 13.7. The number of hydrogen-bond acceptors (Lipinski definition) is 5. The van der Waals surface area contributed by atoms with E-state index in [1.165, 1.54) is 6.54 Å². The molecule has 0 unspecified atom stereocenters. The fourth-order valence-corrected chi connectivity index (χ4v) is 2.47. The van der Waals surface area contributed by atoms with Crippen molar-refractivity contribution >= 4 is 11.6 Å². The van der Waals surface area contributed by atoms with Crippen LogP contribution in [0, 0.1) is 5.92 Å². The molecular formula is C14H25N5. The first-order valence-electron chi connectivity index (χ1n) is 7.22. The Morgan fingerprint density at radius 3 is 2.58 bits per heavy atom. The molecule has 1 aliphatic heterocycles. The molecule has 1 N–H and O–H groups in total. The molecule has 1 aliphatic rings. The monoisotopic (exact) mass is 263 g/mol. The summed E-state index contributed by atoms with van der Waals surface area (Å²) < 4.78 is 0. The Morgan fingerprint density at radius 2 is 1.95 bits per heavy atom. The minimum Gasteiger partial charge on any atom is -0.370 e. The van der Waals surface area contributed by atoms with E-state index in [0.717, 1.165) is 50.3 Å². The van der Waals surface area contributed by atoms with E-state index in [1.807, 2.05) is 6.07 Å². The smallest absolute Gasteiger partial charge is 0.134 e. The molecule has 1 fully saturated rings. The van der Waals surface area contributed by atoms with Crippen molar-refractivity contribution in [3.63, 3.8) is 0 Å². The lowest BCUT2D eigenvalue weighted by Crippen LogP contribution is -2.47. The lowest BCUT2D eigenvalue weighted by atomic mass is 10.2. The van der Waals surface area contributed by atoms with Crippen molar-refractivity contribution in [3.05, 3.63) is 12.4 Å². The second-order valence-corrected chi connectivity index (χ2v) is 5.47. The van der Waals surface area contributed by atoms with Gasteiger partial charge in [0.2, 0.25) is 0 Å². The molecule has 0 aliphatic carbocycles. The molecule has 0 bridgehead atoms. The highest BCUT2D eigenvalue weighted by molar-refractivity contribution is 5.48. The topological polar surface area (TPSA) is 44.3 Å². The standard InChI is InChI=1S/C14H25N5/c1-4-15-13-9-14(17-11-16-13)19-7-5-18(6-8-19)10-12(2)3/h9,11-12H,4-8,10H2,1-3H3,(H,15,16,17). The Bertz CT molecular complexity index is 385. The van der Waals surface area contributed by atoms with E-state index in [0.29, 0.717) is 0 Å². The van der Waals surface area contributed by atoms with Gasteiger partial charge in [-0.3, -0.25) is 4.90 Å². The largest absolute Gasteiger partial charge is 0.370 e. The Kier molecular flexibility index (Phi) is 4.96. The molecule has 19 heavy (non-hydrogen) atoms. The third kappa shape index (κ3) is 4.06. The summed E-state index contributed by atoms with van der Waals surface area (Å²) in [5.41, 5.74) is 0. The van der Waals surface area contributed by atoms with Crippen LogP contribution < -0.4 is 10.2 Å². The minimum absolute atomic E-state index is 0.742. The maximum absolute atomic E-state index is 4.39. The highest BCUT2D eigenvalue weighted by atomic mass is 15.3. The van der Waals surface area contributed by atoms with Gasteiger partial charge >= 0.3 is 0 Å². The van der Waals surface area contributed by atoms with E-state index >= 15 is 0 Å². The van der Waals surface area contributed by atoms with Gasteiger partial charge in [0.15, 0.2) is 0 Å². The molecule has 0 amide bonds. The van der Waals surface area contributed by atoms with Crippen LogP contribution in [0.1, 0.15) is 20.8 Å². The molecule has 106 valence electrons. The van der Waals surface area contributed by atoms with Crippen LogP contribution in [0.3, 0.4) is 0 Å². The van der Waals surface area contributed by atoms with Crippen LogP contribution in [0.2, 0.25) is 0 Å². The molecule has 5 nitrogen and oxygen atoms in total. The second-order valence-electron chi connectivity index (χ2n) is 5.47. The van der Waals surface area contributed by atoms with Gasteiger partial charge in [0.05, 0.1) is 0 Å². The molecule has 2 heterocycles.